The van der Waals surface area contributed by atoms with Crippen LogP contribution < -0.4 is 4.90 Å². The van der Waals surface area contributed by atoms with E-state index < -0.39 is 5.54 Å². The average molecular weight is 406 g/mol. The van der Waals surface area contributed by atoms with Crippen molar-refractivity contribution in [2.75, 3.05) is 38.6 Å². The molecular weight excluding hydrogens is 374 g/mol. The lowest BCUT2D eigenvalue weighted by Crippen LogP contribution is -2.61. The smallest absolute Gasteiger partial charge is 0.254 e. The van der Waals surface area contributed by atoms with Gasteiger partial charge in [0.15, 0.2) is 0 Å². The third-order valence-corrected chi connectivity index (χ3v) is 6.58. The molecule has 1 spiro atoms. The normalized spacial score (nSPS) is 21.3. The first kappa shape index (κ1) is 20.5. The highest BCUT2D eigenvalue weighted by Gasteiger charge is 2.52. The number of hydrogen-bond donors (Lipinski definition) is 0. The molecule has 0 saturated carbocycles. The van der Waals surface area contributed by atoms with Crippen LogP contribution in [0.3, 0.4) is 0 Å². The highest BCUT2D eigenvalue weighted by Crippen LogP contribution is 2.39. The van der Waals surface area contributed by atoms with Crippen LogP contribution in [0.2, 0.25) is 0 Å². The summed E-state index contributed by atoms with van der Waals surface area (Å²) in [6, 6.07) is 18.0. The predicted molar refractivity (Wildman–Crippen MR) is 120 cm³/mol. The third kappa shape index (κ3) is 3.81. The Hall–Kier alpha value is -2.82. The van der Waals surface area contributed by atoms with Crippen molar-refractivity contribution in [3.63, 3.8) is 0 Å². The molecule has 2 aliphatic rings. The van der Waals surface area contributed by atoms with Gasteiger partial charge in [0.1, 0.15) is 5.54 Å². The van der Waals surface area contributed by atoms with Crippen molar-refractivity contribution in [3.05, 3.63) is 65.7 Å². The molecule has 2 saturated heterocycles. The summed E-state index contributed by atoms with van der Waals surface area (Å²) in [4.78, 5) is 32.8. The van der Waals surface area contributed by atoms with Gasteiger partial charge in [-0.2, -0.15) is 0 Å². The molecule has 30 heavy (non-hydrogen) atoms. The first-order chi connectivity index (χ1) is 14.5. The molecule has 158 valence electrons. The van der Waals surface area contributed by atoms with Crippen LogP contribution in [0, 0.1) is 0 Å². The van der Waals surface area contributed by atoms with Gasteiger partial charge >= 0.3 is 0 Å². The van der Waals surface area contributed by atoms with Gasteiger partial charge in [-0.05, 0) is 61.9 Å². The van der Waals surface area contributed by atoms with Crippen molar-refractivity contribution in [3.8, 4) is 0 Å². The van der Waals surface area contributed by atoms with Gasteiger partial charge in [0, 0.05) is 45.0 Å². The molecule has 2 fully saturated rings. The standard InChI is InChI=1S/C25H31N3O2/c1-26(2)22-12-10-21(11-13-22)23(29)28-18-7-16-25(28)15-6-17-27(24(25)30)19-14-20-8-4-3-5-9-20/h3-5,8-13H,6-7,14-19H2,1-2H3. The number of rotatable bonds is 5. The second-order valence-electron chi connectivity index (χ2n) is 8.66. The Morgan fingerprint density at radius 2 is 1.63 bits per heavy atom. The van der Waals surface area contributed by atoms with E-state index >= 15 is 0 Å². The topological polar surface area (TPSA) is 43.9 Å². The molecule has 0 radical (unpaired) electrons. The summed E-state index contributed by atoms with van der Waals surface area (Å²) in [6.45, 7) is 2.16. The number of anilines is 1. The summed E-state index contributed by atoms with van der Waals surface area (Å²) in [5.74, 6) is 0.122. The first-order valence-corrected chi connectivity index (χ1v) is 10.9. The van der Waals surface area contributed by atoms with E-state index in [0.29, 0.717) is 18.7 Å². The maximum atomic E-state index is 13.6. The monoisotopic (exact) mass is 405 g/mol. The van der Waals surface area contributed by atoms with Crippen molar-refractivity contribution in [1.82, 2.24) is 9.80 Å². The number of amides is 2. The Bertz CT molecular complexity index is 894. The van der Waals surface area contributed by atoms with Crippen LogP contribution in [0.4, 0.5) is 5.69 Å². The largest absolute Gasteiger partial charge is 0.378 e. The highest BCUT2D eigenvalue weighted by atomic mass is 16.2. The average Bonchev–Trinajstić information content (AvgIpc) is 3.19. The van der Waals surface area contributed by atoms with Crippen LogP contribution in [0.1, 0.15) is 41.6 Å². The number of nitrogens with zero attached hydrogens (tertiary/aromatic N) is 3. The molecule has 4 rings (SSSR count). The molecule has 5 heteroatoms. The zero-order chi connectivity index (χ0) is 21.1. The maximum Gasteiger partial charge on any atom is 0.254 e. The SMILES string of the molecule is CN(C)c1ccc(C(=O)N2CCCC23CCCN(CCc2ccccc2)C3=O)cc1. The molecule has 0 N–H and O–H groups in total. The molecule has 2 aliphatic heterocycles. The predicted octanol–water partition coefficient (Wildman–Crippen LogP) is 3.59. The zero-order valence-electron chi connectivity index (χ0n) is 18.0. The van der Waals surface area contributed by atoms with Gasteiger partial charge in [-0.15, -0.1) is 0 Å². The van der Waals surface area contributed by atoms with E-state index in [0.717, 1.165) is 44.3 Å². The van der Waals surface area contributed by atoms with Gasteiger partial charge in [-0.25, -0.2) is 0 Å². The highest BCUT2D eigenvalue weighted by molar-refractivity contribution is 6.00. The minimum atomic E-state index is -0.660. The van der Waals surface area contributed by atoms with Gasteiger partial charge in [0.05, 0.1) is 0 Å². The van der Waals surface area contributed by atoms with Gasteiger partial charge in [-0.1, -0.05) is 30.3 Å². The van der Waals surface area contributed by atoms with E-state index in [1.165, 1.54) is 5.56 Å². The minimum Gasteiger partial charge on any atom is -0.378 e. The van der Waals surface area contributed by atoms with Gasteiger partial charge in [0.2, 0.25) is 5.91 Å². The van der Waals surface area contributed by atoms with E-state index in [9.17, 15) is 9.59 Å². The number of likely N-dealkylation sites (tertiary alicyclic amines) is 2. The van der Waals surface area contributed by atoms with E-state index in [4.69, 9.17) is 0 Å². The Morgan fingerprint density at radius 3 is 2.30 bits per heavy atom. The number of benzene rings is 2. The summed E-state index contributed by atoms with van der Waals surface area (Å²) in [6.07, 6.45) is 4.23. The van der Waals surface area contributed by atoms with Crippen molar-refractivity contribution in [2.24, 2.45) is 0 Å². The number of carbonyl (C=O) groups excluding carboxylic acids is 2. The second-order valence-corrected chi connectivity index (χ2v) is 8.66. The summed E-state index contributed by atoms with van der Waals surface area (Å²) in [5.41, 5.74) is 2.30. The Balaban J connectivity index is 1.51. The lowest BCUT2D eigenvalue weighted by Gasteiger charge is -2.44. The van der Waals surface area contributed by atoms with Crippen molar-refractivity contribution in [2.45, 2.75) is 37.6 Å². The van der Waals surface area contributed by atoms with E-state index in [1.54, 1.807) is 0 Å². The molecule has 2 amide bonds. The molecule has 2 heterocycles. The summed E-state index contributed by atoms with van der Waals surface area (Å²) in [7, 11) is 3.97. The number of carbonyl (C=O) groups is 2. The molecule has 0 bridgehead atoms. The molecular formula is C25H31N3O2. The van der Waals surface area contributed by atoms with Gasteiger partial charge < -0.3 is 14.7 Å². The van der Waals surface area contributed by atoms with E-state index in [1.807, 2.05) is 71.3 Å². The fourth-order valence-corrected chi connectivity index (χ4v) is 4.90. The molecule has 1 unspecified atom stereocenters. The number of piperidine rings is 1. The molecule has 0 aromatic heterocycles. The molecule has 2 aromatic carbocycles. The van der Waals surface area contributed by atoms with E-state index in [-0.39, 0.29) is 11.8 Å². The second kappa shape index (κ2) is 8.50. The van der Waals surface area contributed by atoms with Crippen LogP contribution >= 0.6 is 0 Å². The zero-order valence-corrected chi connectivity index (χ0v) is 18.0. The van der Waals surface area contributed by atoms with Crippen LogP contribution in [-0.4, -0.2) is 60.9 Å². The quantitative estimate of drug-likeness (QED) is 0.764. The molecule has 1 atom stereocenters. The minimum absolute atomic E-state index is 0.0175. The number of hydrogen-bond acceptors (Lipinski definition) is 3. The molecule has 2 aromatic rings. The van der Waals surface area contributed by atoms with Crippen LogP contribution in [0.15, 0.2) is 54.6 Å². The Labute approximate surface area is 179 Å². The maximum absolute atomic E-state index is 13.6. The molecule has 0 aliphatic carbocycles. The molecule has 5 nitrogen and oxygen atoms in total. The fraction of sp³-hybridized carbons (Fsp3) is 0.440. The van der Waals surface area contributed by atoms with Crippen LogP contribution in [0.25, 0.3) is 0 Å². The van der Waals surface area contributed by atoms with Gasteiger partial charge in [0.25, 0.3) is 5.91 Å². The first-order valence-electron chi connectivity index (χ1n) is 10.9. The van der Waals surface area contributed by atoms with Crippen molar-refractivity contribution >= 4 is 17.5 Å². The summed E-state index contributed by atoms with van der Waals surface area (Å²) >= 11 is 0. The summed E-state index contributed by atoms with van der Waals surface area (Å²) < 4.78 is 0. The third-order valence-electron chi connectivity index (χ3n) is 6.58. The Kier molecular flexibility index (Phi) is 5.80. The van der Waals surface area contributed by atoms with E-state index in [2.05, 4.69) is 12.1 Å². The van der Waals surface area contributed by atoms with Gasteiger partial charge in [-0.3, -0.25) is 9.59 Å². The lowest BCUT2D eigenvalue weighted by atomic mass is 9.84. The lowest BCUT2D eigenvalue weighted by molar-refractivity contribution is -0.145. The fourth-order valence-electron chi connectivity index (χ4n) is 4.90. The van der Waals surface area contributed by atoms with Crippen LogP contribution in [0.5, 0.6) is 0 Å². The Morgan fingerprint density at radius 1 is 0.967 bits per heavy atom. The van der Waals surface area contributed by atoms with Crippen molar-refractivity contribution in [1.29, 1.82) is 0 Å². The summed E-state index contributed by atoms with van der Waals surface area (Å²) in [5, 5.41) is 0. The van der Waals surface area contributed by atoms with Crippen molar-refractivity contribution < 1.29 is 9.59 Å². The van der Waals surface area contributed by atoms with Crippen LogP contribution in [-0.2, 0) is 11.2 Å².